The van der Waals surface area contributed by atoms with Gasteiger partial charge >= 0.3 is 5.97 Å². The van der Waals surface area contributed by atoms with E-state index >= 15 is 0 Å². The van der Waals surface area contributed by atoms with Crippen LogP contribution in [0.1, 0.15) is 16.8 Å². The predicted octanol–water partition coefficient (Wildman–Crippen LogP) is -0.214. The summed E-state index contributed by atoms with van der Waals surface area (Å²) in [5.41, 5.74) is -0.336. The first-order chi connectivity index (χ1) is 8.06. The van der Waals surface area contributed by atoms with Crippen molar-refractivity contribution in [1.29, 1.82) is 0 Å². The SMILES string of the molecule is O=C(N[C@H](CCO)C(=O)O)c1cccnc1F. The monoisotopic (exact) mass is 242 g/mol. The van der Waals surface area contributed by atoms with Crippen LogP contribution in [0.15, 0.2) is 18.3 Å². The molecule has 0 unspecified atom stereocenters. The highest BCUT2D eigenvalue weighted by Crippen LogP contribution is 2.04. The summed E-state index contributed by atoms with van der Waals surface area (Å²) in [5, 5.41) is 19.5. The average molecular weight is 242 g/mol. The number of rotatable bonds is 5. The summed E-state index contributed by atoms with van der Waals surface area (Å²) in [6, 6.07) is 1.29. The smallest absolute Gasteiger partial charge is 0.326 e. The van der Waals surface area contributed by atoms with Gasteiger partial charge in [0, 0.05) is 19.2 Å². The number of nitrogens with zero attached hydrogens (tertiary/aromatic N) is 1. The zero-order valence-electron chi connectivity index (χ0n) is 8.76. The van der Waals surface area contributed by atoms with Gasteiger partial charge < -0.3 is 15.5 Å². The van der Waals surface area contributed by atoms with E-state index in [1.807, 2.05) is 0 Å². The first-order valence-electron chi connectivity index (χ1n) is 4.81. The van der Waals surface area contributed by atoms with Crippen molar-refractivity contribution in [3.8, 4) is 0 Å². The molecule has 0 aliphatic carbocycles. The molecule has 1 rings (SSSR count). The van der Waals surface area contributed by atoms with Crippen molar-refractivity contribution in [1.82, 2.24) is 10.3 Å². The van der Waals surface area contributed by atoms with Gasteiger partial charge in [0.25, 0.3) is 5.91 Å². The van der Waals surface area contributed by atoms with Crippen molar-refractivity contribution >= 4 is 11.9 Å². The summed E-state index contributed by atoms with van der Waals surface area (Å²) in [6.45, 7) is -0.396. The second kappa shape index (κ2) is 5.90. The van der Waals surface area contributed by atoms with Crippen LogP contribution < -0.4 is 5.32 Å². The maximum atomic E-state index is 13.1. The number of halogens is 1. The Morgan fingerprint density at radius 3 is 2.76 bits per heavy atom. The van der Waals surface area contributed by atoms with Crippen LogP contribution in [0.4, 0.5) is 4.39 Å². The lowest BCUT2D eigenvalue weighted by Crippen LogP contribution is -2.41. The normalized spacial score (nSPS) is 11.9. The van der Waals surface area contributed by atoms with E-state index in [2.05, 4.69) is 10.3 Å². The van der Waals surface area contributed by atoms with E-state index in [0.29, 0.717) is 0 Å². The van der Waals surface area contributed by atoms with Crippen LogP contribution in [0.25, 0.3) is 0 Å². The number of carbonyl (C=O) groups is 2. The van der Waals surface area contributed by atoms with Gasteiger partial charge in [-0.1, -0.05) is 0 Å². The number of pyridine rings is 1. The second-order valence-electron chi connectivity index (χ2n) is 3.22. The van der Waals surface area contributed by atoms with Gasteiger partial charge in [0.05, 0.1) is 5.56 Å². The summed E-state index contributed by atoms with van der Waals surface area (Å²) in [7, 11) is 0. The fraction of sp³-hybridized carbons (Fsp3) is 0.300. The molecule has 1 aromatic heterocycles. The molecule has 0 fully saturated rings. The van der Waals surface area contributed by atoms with Crippen molar-refractivity contribution in [3.05, 3.63) is 29.8 Å². The van der Waals surface area contributed by atoms with Crippen molar-refractivity contribution in [2.45, 2.75) is 12.5 Å². The minimum atomic E-state index is -1.29. The number of aliphatic hydroxyl groups is 1. The van der Waals surface area contributed by atoms with E-state index in [1.165, 1.54) is 18.3 Å². The lowest BCUT2D eigenvalue weighted by molar-refractivity contribution is -0.139. The summed E-state index contributed by atoms with van der Waals surface area (Å²) >= 11 is 0. The highest BCUT2D eigenvalue weighted by atomic mass is 19.1. The molecular formula is C10H11FN2O4. The molecule has 7 heteroatoms. The highest BCUT2D eigenvalue weighted by molar-refractivity contribution is 5.96. The van der Waals surface area contributed by atoms with Crippen LogP contribution in [0.2, 0.25) is 0 Å². The van der Waals surface area contributed by atoms with Gasteiger partial charge in [-0.15, -0.1) is 0 Å². The van der Waals surface area contributed by atoms with Gasteiger partial charge in [-0.2, -0.15) is 4.39 Å². The Morgan fingerprint density at radius 2 is 2.24 bits per heavy atom. The van der Waals surface area contributed by atoms with E-state index in [-0.39, 0.29) is 12.0 Å². The first kappa shape index (κ1) is 13.0. The van der Waals surface area contributed by atoms with E-state index < -0.39 is 30.5 Å². The van der Waals surface area contributed by atoms with Gasteiger partial charge in [0.1, 0.15) is 6.04 Å². The Morgan fingerprint density at radius 1 is 1.53 bits per heavy atom. The molecule has 0 aromatic carbocycles. The zero-order valence-corrected chi connectivity index (χ0v) is 8.76. The van der Waals surface area contributed by atoms with E-state index in [0.717, 1.165) is 0 Å². The van der Waals surface area contributed by atoms with Crippen LogP contribution in [-0.4, -0.2) is 39.7 Å². The molecule has 92 valence electrons. The van der Waals surface area contributed by atoms with Gasteiger partial charge in [0.15, 0.2) is 0 Å². The molecule has 0 aliphatic heterocycles. The summed E-state index contributed by atoms with van der Waals surface area (Å²) < 4.78 is 13.1. The standard InChI is InChI=1S/C10H11FN2O4/c11-8-6(2-1-4-12-8)9(15)13-7(3-5-14)10(16)17/h1-2,4,7,14H,3,5H2,(H,13,15)(H,16,17)/t7-/m1/s1. The maximum absolute atomic E-state index is 13.1. The van der Waals surface area contributed by atoms with Crippen LogP contribution in [0, 0.1) is 5.95 Å². The van der Waals surface area contributed by atoms with Crippen LogP contribution in [0.3, 0.4) is 0 Å². The number of amides is 1. The molecule has 0 aliphatic rings. The molecule has 1 atom stereocenters. The number of carboxylic acids is 1. The second-order valence-corrected chi connectivity index (χ2v) is 3.22. The Kier molecular flexibility index (Phi) is 4.53. The molecule has 1 aromatic rings. The maximum Gasteiger partial charge on any atom is 0.326 e. The highest BCUT2D eigenvalue weighted by Gasteiger charge is 2.21. The van der Waals surface area contributed by atoms with E-state index in [4.69, 9.17) is 10.2 Å². The number of hydrogen-bond acceptors (Lipinski definition) is 4. The Hall–Kier alpha value is -2.02. The van der Waals surface area contributed by atoms with Crippen LogP contribution in [-0.2, 0) is 4.79 Å². The number of aliphatic carboxylic acids is 1. The molecule has 0 spiro atoms. The quantitative estimate of drug-likeness (QED) is 0.620. The number of aliphatic hydroxyl groups excluding tert-OH is 1. The molecular weight excluding hydrogens is 231 g/mol. The van der Waals surface area contributed by atoms with E-state index in [9.17, 15) is 14.0 Å². The summed E-state index contributed by atoms with van der Waals surface area (Å²) in [5.74, 6) is -3.15. The van der Waals surface area contributed by atoms with Crippen molar-refractivity contribution < 1.29 is 24.2 Å². The van der Waals surface area contributed by atoms with Gasteiger partial charge in [0.2, 0.25) is 5.95 Å². The van der Waals surface area contributed by atoms with Crippen LogP contribution in [0.5, 0.6) is 0 Å². The number of hydrogen-bond donors (Lipinski definition) is 3. The molecule has 0 saturated carbocycles. The predicted molar refractivity (Wildman–Crippen MR) is 54.8 cm³/mol. The summed E-state index contributed by atoms with van der Waals surface area (Å²) in [4.78, 5) is 25.5. The molecule has 6 nitrogen and oxygen atoms in total. The van der Waals surface area contributed by atoms with E-state index in [1.54, 1.807) is 0 Å². The van der Waals surface area contributed by atoms with Crippen molar-refractivity contribution in [2.75, 3.05) is 6.61 Å². The lowest BCUT2D eigenvalue weighted by atomic mass is 10.2. The topological polar surface area (TPSA) is 99.5 Å². The minimum Gasteiger partial charge on any atom is -0.480 e. The minimum absolute atomic E-state index is 0.150. The van der Waals surface area contributed by atoms with Crippen molar-refractivity contribution in [3.63, 3.8) is 0 Å². The molecule has 1 heterocycles. The fourth-order valence-corrected chi connectivity index (χ4v) is 1.18. The number of carbonyl (C=O) groups excluding carboxylic acids is 1. The Balaban J connectivity index is 2.77. The van der Waals surface area contributed by atoms with Crippen LogP contribution >= 0.6 is 0 Å². The third kappa shape index (κ3) is 3.49. The number of aromatic nitrogens is 1. The third-order valence-corrected chi connectivity index (χ3v) is 2.02. The average Bonchev–Trinajstić information content (AvgIpc) is 2.28. The summed E-state index contributed by atoms with van der Waals surface area (Å²) in [6.07, 6.45) is 1.03. The molecule has 17 heavy (non-hydrogen) atoms. The zero-order chi connectivity index (χ0) is 12.8. The van der Waals surface area contributed by atoms with Gasteiger partial charge in [-0.3, -0.25) is 4.79 Å². The first-order valence-corrected chi connectivity index (χ1v) is 4.81. The fourth-order valence-electron chi connectivity index (χ4n) is 1.18. The third-order valence-electron chi connectivity index (χ3n) is 2.02. The number of nitrogens with one attached hydrogen (secondary N) is 1. The Bertz CT molecular complexity index is 425. The van der Waals surface area contributed by atoms with Gasteiger partial charge in [-0.05, 0) is 12.1 Å². The Labute approximate surface area is 96.1 Å². The molecule has 1 amide bonds. The molecule has 0 bridgehead atoms. The molecule has 3 N–H and O–H groups in total. The number of carboxylic acid groups (broad SMARTS) is 1. The van der Waals surface area contributed by atoms with Gasteiger partial charge in [-0.25, -0.2) is 9.78 Å². The lowest BCUT2D eigenvalue weighted by Gasteiger charge is -2.13. The largest absolute Gasteiger partial charge is 0.480 e. The molecule has 0 radical (unpaired) electrons. The van der Waals surface area contributed by atoms with Crippen molar-refractivity contribution in [2.24, 2.45) is 0 Å². The molecule has 0 saturated heterocycles.